The number of anilines is 1. The Hall–Kier alpha value is -3.74. The molecule has 0 unspecified atom stereocenters. The minimum absolute atomic E-state index is 0.326. The highest BCUT2D eigenvalue weighted by molar-refractivity contribution is 5.83. The van der Waals surface area contributed by atoms with Gasteiger partial charge in [-0.05, 0) is 43.2 Å². The van der Waals surface area contributed by atoms with Gasteiger partial charge in [0, 0.05) is 41.5 Å². The Labute approximate surface area is 181 Å². The molecule has 0 radical (unpaired) electrons. The van der Waals surface area contributed by atoms with E-state index in [1.54, 1.807) is 6.20 Å². The third kappa shape index (κ3) is 4.26. The van der Waals surface area contributed by atoms with Crippen LogP contribution in [0.3, 0.4) is 0 Å². The number of aromatic amines is 1. The Morgan fingerprint density at radius 2 is 2.16 bits per heavy atom. The van der Waals surface area contributed by atoms with Gasteiger partial charge in [0.1, 0.15) is 12.2 Å². The first-order chi connectivity index (χ1) is 15.1. The molecule has 0 saturated heterocycles. The molecular formula is C24H27N7. The molecule has 0 aliphatic heterocycles. The third-order valence-electron chi connectivity index (χ3n) is 5.32. The fraction of sp³-hybridized carbons (Fsp3) is 0.250. The van der Waals surface area contributed by atoms with Crippen molar-refractivity contribution in [2.45, 2.75) is 33.1 Å². The lowest BCUT2D eigenvalue weighted by molar-refractivity contribution is 0.871. The lowest BCUT2D eigenvalue weighted by Crippen LogP contribution is -2.10. The summed E-state index contributed by atoms with van der Waals surface area (Å²) in [6, 6.07) is 10.4. The molecule has 1 aromatic carbocycles. The van der Waals surface area contributed by atoms with Crippen LogP contribution in [0.1, 0.15) is 43.5 Å². The van der Waals surface area contributed by atoms with E-state index in [1.165, 1.54) is 17.3 Å². The molecule has 7 nitrogen and oxygen atoms in total. The standard InChI is InChI=1S/C24H27N7/c1-16(2)20-14-29-31-23(11-22(30-24(20)31)17(3)12-26-15-25-4)27-10-9-18-13-28-21-8-6-5-7-19(18)21/h5-8,11-16,27-28H,4,9-10H2,1-3H3/b17-12+,26-15?. The van der Waals surface area contributed by atoms with E-state index in [9.17, 15) is 0 Å². The Morgan fingerprint density at radius 1 is 1.32 bits per heavy atom. The van der Waals surface area contributed by atoms with Crippen molar-refractivity contribution in [1.82, 2.24) is 19.6 Å². The van der Waals surface area contributed by atoms with Gasteiger partial charge < -0.3 is 10.3 Å². The van der Waals surface area contributed by atoms with Crippen molar-refractivity contribution < 1.29 is 0 Å². The van der Waals surface area contributed by atoms with Crippen LogP contribution in [0.5, 0.6) is 0 Å². The second-order valence-electron chi connectivity index (χ2n) is 7.81. The zero-order valence-electron chi connectivity index (χ0n) is 18.1. The Bertz CT molecular complexity index is 1270. The molecule has 0 amide bonds. The Balaban J connectivity index is 1.64. The number of rotatable bonds is 8. The zero-order chi connectivity index (χ0) is 21.8. The number of H-pyrrole nitrogens is 1. The molecule has 0 aliphatic carbocycles. The van der Waals surface area contributed by atoms with Crippen molar-refractivity contribution in [3.05, 3.63) is 65.7 Å². The first-order valence-electron chi connectivity index (χ1n) is 10.4. The van der Waals surface area contributed by atoms with Crippen molar-refractivity contribution in [3.8, 4) is 0 Å². The first kappa shape index (κ1) is 20.5. The van der Waals surface area contributed by atoms with E-state index in [-0.39, 0.29) is 0 Å². The third-order valence-corrected chi connectivity index (χ3v) is 5.32. The van der Waals surface area contributed by atoms with Crippen LogP contribution in [0.25, 0.3) is 22.1 Å². The van der Waals surface area contributed by atoms with E-state index >= 15 is 0 Å². The van der Waals surface area contributed by atoms with Crippen molar-refractivity contribution in [2.24, 2.45) is 9.98 Å². The van der Waals surface area contributed by atoms with Crippen molar-refractivity contribution >= 4 is 41.0 Å². The molecule has 0 atom stereocenters. The number of hydrogen-bond acceptors (Lipinski definition) is 4. The van der Waals surface area contributed by atoms with Crippen LogP contribution in [0.2, 0.25) is 0 Å². The summed E-state index contributed by atoms with van der Waals surface area (Å²) in [6.07, 6.45) is 8.05. The van der Waals surface area contributed by atoms with Gasteiger partial charge in [0.2, 0.25) is 0 Å². The second-order valence-corrected chi connectivity index (χ2v) is 7.81. The van der Waals surface area contributed by atoms with Crippen LogP contribution in [-0.2, 0) is 6.42 Å². The normalized spacial score (nSPS) is 12.5. The average molecular weight is 414 g/mol. The van der Waals surface area contributed by atoms with Crippen LogP contribution < -0.4 is 5.32 Å². The highest BCUT2D eigenvalue weighted by Crippen LogP contribution is 2.25. The molecule has 7 heteroatoms. The van der Waals surface area contributed by atoms with E-state index < -0.39 is 0 Å². The molecule has 3 heterocycles. The smallest absolute Gasteiger partial charge is 0.161 e. The number of nitrogens with zero attached hydrogens (tertiary/aromatic N) is 5. The summed E-state index contributed by atoms with van der Waals surface area (Å²) in [6.45, 7) is 10.5. The maximum Gasteiger partial charge on any atom is 0.161 e. The second kappa shape index (κ2) is 8.95. The van der Waals surface area contributed by atoms with Gasteiger partial charge in [0.25, 0.3) is 0 Å². The molecule has 4 rings (SSSR count). The van der Waals surface area contributed by atoms with E-state index in [1.807, 2.05) is 29.8 Å². The van der Waals surface area contributed by atoms with Gasteiger partial charge in [-0.25, -0.2) is 9.98 Å². The molecule has 31 heavy (non-hydrogen) atoms. The molecular weight excluding hydrogens is 386 g/mol. The Morgan fingerprint density at radius 3 is 2.97 bits per heavy atom. The van der Waals surface area contributed by atoms with Crippen molar-refractivity contribution in [1.29, 1.82) is 0 Å². The van der Waals surface area contributed by atoms with Crippen molar-refractivity contribution in [3.63, 3.8) is 0 Å². The fourth-order valence-corrected chi connectivity index (χ4v) is 3.64. The monoisotopic (exact) mass is 413 g/mol. The van der Waals surface area contributed by atoms with Gasteiger partial charge >= 0.3 is 0 Å². The van der Waals surface area contributed by atoms with E-state index in [2.05, 4.69) is 70.3 Å². The van der Waals surface area contributed by atoms with Gasteiger partial charge in [0.15, 0.2) is 5.65 Å². The molecule has 4 aromatic rings. The summed E-state index contributed by atoms with van der Waals surface area (Å²) in [4.78, 5) is 16.0. The zero-order valence-corrected chi connectivity index (χ0v) is 18.1. The highest BCUT2D eigenvalue weighted by Gasteiger charge is 2.14. The van der Waals surface area contributed by atoms with E-state index in [4.69, 9.17) is 4.98 Å². The van der Waals surface area contributed by atoms with Crippen molar-refractivity contribution in [2.75, 3.05) is 11.9 Å². The predicted molar refractivity (Wildman–Crippen MR) is 129 cm³/mol. The minimum Gasteiger partial charge on any atom is -0.370 e. The number of aromatic nitrogens is 4. The number of nitrogens with one attached hydrogen (secondary N) is 2. The van der Waals surface area contributed by atoms with Gasteiger partial charge in [-0.2, -0.15) is 9.61 Å². The number of benzene rings is 1. The fourth-order valence-electron chi connectivity index (χ4n) is 3.64. The van der Waals surface area contributed by atoms with Gasteiger partial charge in [0.05, 0.1) is 11.9 Å². The summed E-state index contributed by atoms with van der Waals surface area (Å²) >= 11 is 0. The molecule has 158 valence electrons. The molecule has 0 fully saturated rings. The van der Waals surface area contributed by atoms with E-state index in [0.29, 0.717) is 5.92 Å². The molecule has 0 spiro atoms. The van der Waals surface area contributed by atoms with Crippen LogP contribution in [0, 0.1) is 0 Å². The first-order valence-corrected chi connectivity index (χ1v) is 10.4. The SMILES string of the molecule is C=NC=N/C=C(\C)c1cc(NCCc2c[nH]c3ccccc23)n2ncc(C(C)C)c2n1. The van der Waals surface area contributed by atoms with Gasteiger partial charge in [-0.3, -0.25) is 4.99 Å². The summed E-state index contributed by atoms with van der Waals surface area (Å²) in [5.41, 5.74) is 6.23. The Kier molecular flexibility index (Phi) is 5.93. The largest absolute Gasteiger partial charge is 0.370 e. The minimum atomic E-state index is 0.326. The summed E-state index contributed by atoms with van der Waals surface area (Å²) < 4.78 is 1.88. The predicted octanol–water partition coefficient (Wildman–Crippen LogP) is 5.08. The van der Waals surface area contributed by atoms with Crippen LogP contribution in [-0.4, -0.2) is 39.2 Å². The average Bonchev–Trinajstić information content (AvgIpc) is 3.38. The number of hydrogen-bond donors (Lipinski definition) is 2. The number of para-hydroxylation sites is 1. The number of fused-ring (bicyclic) bond motifs is 2. The molecule has 3 aromatic heterocycles. The lowest BCUT2D eigenvalue weighted by Gasteiger charge is -2.12. The molecule has 0 saturated carbocycles. The molecule has 2 N–H and O–H groups in total. The van der Waals surface area contributed by atoms with Crippen LogP contribution in [0.15, 0.2) is 58.9 Å². The summed E-state index contributed by atoms with van der Waals surface area (Å²) in [5, 5.41) is 9.41. The molecule has 0 aliphatic rings. The topological polar surface area (TPSA) is 82.7 Å². The lowest BCUT2D eigenvalue weighted by atomic mass is 10.1. The maximum absolute atomic E-state index is 4.86. The maximum atomic E-state index is 4.86. The number of allylic oxidation sites excluding steroid dienone is 1. The van der Waals surface area contributed by atoms with E-state index in [0.717, 1.165) is 46.8 Å². The van der Waals surface area contributed by atoms with Gasteiger partial charge in [-0.15, -0.1) is 0 Å². The quantitative estimate of drug-likeness (QED) is 0.312. The molecule has 0 bridgehead atoms. The van der Waals surface area contributed by atoms with Crippen LogP contribution in [0.4, 0.5) is 5.82 Å². The summed E-state index contributed by atoms with van der Waals surface area (Å²) in [5.74, 6) is 1.23. The van der Waals surface area contributed by atoms with Gasteiger partial charge in [-0.1, -0.05) is 32.0 Å². The van der Waals surface area contributed by atoms with Crippen LogP contribution >= 0.6 is 0 Å². The number of aliphatic imine (C=N–C) groups is 2. The highest BCUT2D eigenvalue weighted by atomic mass is 15.3. The summed E-state index contributed by atoms with van der Waals surface area (Å²) in [7, 11) is 0.